The predicted molar refractivity (Wildman–Crippen MR) is 84.7 cm³/mol. The number of carbonyl (C=O) groups is 1. The number of amides is 1. The van der Waals surface area contributed by atoms with Gasteiger partial charge in [-0.2, -0.15) is 0 Å². The van der Waals surface area contributed by atoms with Crippen molar-refractivity contribution in [2.45, 2.75) is 33.7 Å². The molecule has 2 N–H and O–H groups in total. The van der Waals surface area contributed by atoms with E-state index in [-0.39, 0.29) is 11.9 Å². The predicted octanol–water partition coefficient (Wildman–Crippen LogP) is 3.82. The number of para-hydroxylation sites is 1. The third kappa shape index (κ3) is 3.52. The smallest absolute Gasteiger partial charge is 0.259 e. The zero-order valence-electron chi connectivity index (χ0n) is 13.0. The van der Waals surface area contributed by atoms with Crippen LogP contribution < -0.4 is 10.6 Å². The van der Waals surface area contributed by atoms with Crippen LogP contribution in [0.25, 0.3) is 0 Å². The Morgan fingerprint density at radius 1 is 1.29 bits per heavy atom. The van der Waals surface area contributed by atoms with Crippen molar-refractivity contribution in [1.29, 1.82) is 0 Å². The van der Waals surface area contributed by atoms with Gasteiger partial charge in [0.25, 0.3) is 5.91 Å². The van der Waals surface area contributed by atoms with Gasteiger partial charge < -0.3 is 15.1 Å². The maximum absolute atomic E-state index is 12.4. The average Bonchev–Trinajstić information content (AvgIpc) is 2.78. The van der Waals surface area contributed by atoms with Crippen molar-refractivity contribution in [3.63, 3.8) is 0 Å². The van der Waals surface area contributed by atoms with Gasteiger partial charge in [0.2, 0.25) is 0 Å². The Morgan fingerprint density at radius 3 is 2.62 bits per heavy atom. The van der Waals surface area contributed by atoms with Gasteiger partial charge in [0.05, 0.1) is 5.56 Å². The van der Waals surface area contributed by atoms with Crippen LogP contribution in [0.2, 0.25) is 0 Å². The highest BCUT2D eigenvalue weighted by Crippen LogP contribution is 2.24. The van der Waals surface area contributed by atoms with Crippen LogP contribution in [0, 0.1) is 13.8 Å². The van der Waals surface area contributed by atoms with Gasteiger partial charge in [0.1, 0.15) is 11.5 Å². The summed E-state index contributed by atoms with van der Waals surface area (Å²) in [6, 6.07) is 9.79. The maximum atomic E-state index is 12.4. The Kier molecular flexibility index (Phi) is 4.81. The number of anilines is 1. The molecule has 2 aromatic rings. The number of furan rings is 1. The summed E-state index contributed by atoms with van der Waals surface area (Å²) in [6.07, 6.45) is 0. The molecule has 1 atom stereocenters. The molecular formula is C17H22N2O2. The van der Waals surface area contributed by atoms with Crippen LogP contribution in [-0.4, -0.2) is 12.5 Å². The molecule has 4 heteroatoms. The highest BCUT2D eigenvalue weighted by molar-refractivity contribution is 6.05. The largest absolute Gasteiger partial charge is 0.466 e. The summed E-state index contributed by atoms with van der Waals surface area (Å²) < 4.78 is 5.42. The van der Waals surface area contributed by atoms with E-state index in [1.54, 1.807) is 13.0 Å². The average molecular weight is 286 g/mol. The molecule has 0 aliphatic carbocycles. The van der Waals surface area contributed by atoms with E-state index >= 15 is 0 Å². The van der Waals surface area contributed by atoms with Crippen LogP contribution >= 0.6 is 0 Å². The number of aryl methyl sites for hydroxylation is 2. The van der Waals surface area contributed by atoms with Gasteiger partial charge in [-0.25, -0.2) is 0 Å². The molecule has 0 spiro atoms. The van der Waals surface area contributed by atoms with Crippen molar-refractivity contribution >= 4 is 11.6 Å². The van der Waals surface area contributed by atoms with E-state index in [1.165, 1.54) is 0 Å². The lowest BCUT2D eigenvalue weighted by Crippen LogP contribution is -2.20. The topological polar surface area (TPSA) is 54.3 Å². The minimum absolute atomic E-state index is 0.138. The van der Waals surface area contributed by atoms with Crippen molar-refractivity contribution < 1.29 is 9.21 Å². The van der Waals surface area contributed by atoms with E-state index < -0.39 is 0 Å². The van der Waals surface area contributed by atoms with Crippen LogP contribution in [0.5, 0.6) is 0 Å². The normalized spacial score (nSPS) is 12.2. The minimum Gasteiger partial charge on any atom is -0.466 e. The third-order valence-electron chi connectivity index (χ3n) is 3.47. The fourth-order valence-electron chi connectivity index (χ4n) is 2.45. The Balaban J connectivity index is 2.23. The fraction of sp³-hybridized carbons (Fsp3) is 0.353. The van der Waals surface area contributed by atoms with Crippen LogP contribution in [0.15, 0.2) is 34.7 Å². The molecule has 2 rings (SSSR count). The molecule has 1 unspecified atom stereocenters. The van der Waals surface area contributed by atoms with Crippen LogP contribution in [0.3, 0.4) is 0 Å². The quantitative estimate of drug-likeness (QED) is 0.878. The monoisotopic (exact) mass is 286 g/mol. The molecule has 21 heavy (non-hydrogen) atoms. The van der Waals surface area contributed by atoms with Crippen LogP contribution in [0.1, 0.15) is 47.3 Å². The summed E-state index contributed by atoms with van der Waals surface area (Å²) in [5, 5.41) is 6.34. The second-order valence-corrected chi connectivity index (χ2v) is 5.15. The lowest BCUT2D eigenvalue weighted by Gasteiger charge is -2.17. The Morgan fingerprint density at radius 2 is 2.00 bits per heavy atom. The summed E-state index contributed by atoms with van der Waals surface area (Å²) >= 11 is 0. The molecule has 0 aliphatic heterocycles. The Bertz CT molecular complexity index is 631. The first-order chi connectivity index (χ1) is 10.0. The first kappa shape index (κ1) is 15.3. The molecule has 1 heterocycles. The van der Waals surface area contributed by atoms with Crippen molar-refractivity contribution in [1.82, 2.24) is 5.32 Å². The number of carbonyl (C=O) groups excluding carboxylic acids is 1. The number of nitrogens with one attached hydrogen (secondary N) is 2. The van der Waals surface area contributed by atoms with Gasteiger partial charge in [0.15, 0.2) is 0 Å². The standard InChI is InChI=1S/C17H22N2O2/c1-5-18-12(3)14-8-6-7-9-16(14)19-17(20)15-10-11(2)21-13(15)4/h6-10,12,18H,5H2,1-4H3,(H,19,20). The van der Waals surface area contributed by atoms with E-state index in [4.69, 9.17) is 4.42 Å². The molecule has 0 radical (unpaired) electrons. The third-order valence-corrected chi connectivity index (χ3v) is 3.47. The van der Waals surface area contributed by atoms with E-state index in [1.807, 2.05) is 31.2 Å². The fourth-order valence-corrected chi connectivity index (χ4v) is 2.45. The highest BCUT2D eigenvalue weighted by atomic mass is 16.3. The van der Waals surface area contributed by atoms with E-state index in [9.17, 15) is 4.79 Å². The molecule has 0 bridgehead atoms. The molecule has 1 amide bonds. The molecule has 0 saturated carbocycles. The van der Waals surface area contributed by atoms with Crippen molar-refractivity contribution in [2.24, 2.45) is 0 Å². The maximum Gasteiger partial charge on any atom is 0.259 e. The summed E-state index contributed by atoms with van der Waals surface area (Å²) in [6.45, 7) is 8.67. The van der Waals surface area contributed by atoms with Gasteiger partial charge in [-0.1, -0.05) is 25.1 Å². The lowest BCUT2D eigenvalue weighted by molar-refractivity contribution is 0.102. The molecule has 112 valence electrons. The number of rotatable bonds is 5. The van der Waals surface area contributed by atoms with Gasteiger partial charge in [-0.3, -0.25) is 4.79 Å². The first-order valence-electron chi connectivity index (χ1n) is 7.23. The van der Waals surface area contributed by atoms with E-state index in [0.717, 1.165) is 23.6 Å². The first-order valence-corrected chi connectivity index (χ1v) is 7.23. The number of hydrogen-bond donors (Lipinski definition) is 2. The van der Waals surface area contributed by atoms with Crippen molar-refractivity contribution in [2.75, 3.05) is 11.9 Å². The Labute approximate surface area is 125 Å². The molecule has 0 saturated heterocycles. The lowest BCUT2D eigenvalue weighted by atomic mass is 10.1. The second-order valence-electron chi connectivity index (χ2n) is 5.15. The van der Waals surface area contributed by atoms with E-state index in [2.05, 4.69) is 24.5 Å². The summed E-state index contributed by atoms with van der Waals surface area (Å²) in [5.74, 6) is 1.25. The van der Waals surface area contributed by atoms with Gasteiger partial charge in [-0.15, -0.1) is 0 Å². The van der Waals surface area contributed by atoms with Crippen molar-refractivity contribution in [3.8, 4) is 0 Å². The summed E-state index contributed by atoms with van der Waals surface area (Å²) in [7, 11) is 0. The molecule has 1 aromatic heterocycles. The van der Waals surface area contributed by atoms with Gasteiger partial charge in [0, 0.05) is 11.7 Å². The highest BCUT2D eigenvalue weighted by Gasteiger charge is 2.16. The molecular weight excluding hydrogens is 264 g/mol. The van der Waals surface area contributed by atoms with Gasteiger partial charge in [-0.05, 0) is 45.0 Å². The summed E-state index contributed by atoms with van der Waals surface area (Å²) in [5.41, 5.74) is 2.48. The van der Waals surface area contributed by atoms with Gasteiger partial charge >= 0.3 is 0 Å². The Hall–Kier alpha value is -2.07. The van der Waals surface area contributed by atoms with E-state index in [0.29, 0.717) is 11.3 Å². The van der Waals surface area contributed by atoms with Crippen LogP contribution in [0.4, 0.5) is 5.69 Å². The van der Waals surface area contributed by atoms with Crippen molar-refractivity contribution in [3.05, 3.63) is 53.0 Å². The molecule has 0 aliphatic rings. The molecule has 1 aromatic carbocycles. The molecule has 0 fully saturated rings. The van der Waals surface area contributed by atoms with Crippen LogP contribution in [-0.2, 0) is 0 Å². The second kappa shape index (κ2) is 6.59. The zero-order valence-corrected chi connectivity index (χ0v) is 13.0. The number of benzene rings is 1. The summed E-state index contributed by atoms with van der Waals surface area (Å²) in [4.78, 5) is 12.4. The number of hydrogen-bond acceptors (Lipinski definition) is 3. The molecule has 4 nitrogen and oxygen atoms in total. The SMILES string of the molecule is CCNC(C)c1ccccc1NC(=O)c1cc(C)oc1C. The zero-order chi connectivity index (χ0) is 15.4. The minimum atomic E-state index is -0.138.